The van der Waals surface area contributed by atoms with Gasteiger partial charge in [-0.15, -0.1) is 11.8 Å². The first-order valence-electron chi connectivity index (χ1n) is 5.43. The van der Waals surface area contributed by atoms with Crippen LogP contribution in [0.2, 0.25) is 0 Å². The lowest BCUT2D eigenvalue weighted by atomic mass is 10.1. The number of carbonyl (C=O) groups excluding carboxylic acids is 1. The van der Waals surface area contributed by atoms with E-state index in [9.17, 15) is 4.79 Å². The molecule has 0 aliphatic rings. The molecule has 0 saturated heterocycles. The Hall–Kier alpha value is -1.00. The summed E-state index contributed by atoms with van der Waals surface area (Å²) in [4.78, 5) is 11.8. The van der Waals surface area contributed by atoms with Gasteiger partial charge < -0.3 is 11.1 Å². The van der Waals surface area contributed by atoms with Crippen LogP contribution in [0.3, 0.4) is 0 Å². The summed E-state index contributed by atoms with van der Waals surface area (Å²) in [5.74, 6) is 0.786. The number of benzene rings is 1. The number of amides is 1. The van der Waals surface area contributed by atoms with Crippen molar-refractivity contribution in [1.82, 2.24) is 5.32 Å². The van der Waals surface area contributed by atoms with Gasteiger partial charge in [0, 0.05) is 4.90 Å². The van der Waals surface area contributed by atoms with Gasteiger partial charge in [0.1, 0.15) is 0 Å². The highest BCUT2D eigenvalue weighted by Gasteiger charge is 1.96. The lowest BCUT2D eigenvalue weighted by molar-refractivity contribution is -0.117. The third kappa shape index (κ3) is 5.19. The molecule has 88 valence electrons. The predicted octanol–water partition coefficient (Wildman–Crippen LogP) is 1.42. The van der Waals surface area contributed by atoms with E-state index in [0.29, 0.717) is 0 Å². The first kappa shape index (κ1) is 13.1. The Morgan fingerprint density at radius 3 is 2.62 bits per heavy atom. The quantitative estimate of drug-likeness (QED) is 0.558. The van der Waals surface area contributed by atoms with E-state index in [1.807, 2.05) is 11.8 Å². The van der Waals surface area contributed by atoms with Crippen LogP contribution >= 0.6 is 11.8 Å². The van der Waals surface area contributed by atoms with Crippen LogP contribution in [0.5, 0.6) is 0 Å². The van der Waals surface area contributed by atoms with Crippen molar-refractivity contribution in [2.45, 2.75) is 18.2 Å². The molecule has 0 spiro atoms. The van der Waals surface area contributed by atoms with Gasteiger partial charge in [-0.25, -0.2) is 0 Å². The highest BCUT2D eigenvalue weighted by Crippen LogP contribution is 2.17. The van der Waals surface area contributed by atoms with Crippen molar-refractivity contribution in [3.8, 4) is 0 Å². The number of nitrogens with one attached hydrogen (secondary N) is 1. The number of rotatable bonds is 7. The van der Waals surface area contributed by atoms with Crippen molar-refractivity contribution in [3.05, 3.63) is 29.8 Å². The van der Waals surface area contributed by atoms with E-state index in [-0.39, 0.29) is 12.5 Å². The monoisotopic (exact) mass is 238 g/mol. The second-order valence-electron chi connectivity index (χ2n) is 3.47. The molecule has 0 aliphatic heterocycles. The first-order chi connectivity index (χ1) is 7.72. The fourth-order valence-electron chi connectivity index (χ4n) is 1.36. The predicted molar refractivity (Wildman–Crippen MR) is 68.6 cm³/mol. The Morgan fingerprint density at radius 2 is 2.06 bits per heavy atom. The number of nitrogens with two attached hydrogens (primary N) is 1. The van der Waals surface area contributed by atoms with Crippen LogP contribution < -0.4 is 11.1 Å². The maximum atomic E-state index is 10.5. The van der Waals surface area contributed by atoms with E-state index >= 15 is 0 Å². The lowest BCUT2D eigenvalue weighted by Gasteiger charge is -2.04. The van der Waals surface area contributed by atoms with Crippen molar-refractivity contribution in [3.63, 3.8) is 0 Å². The summed E-state index contributed by atoms with van der Waals surface area (Å²) in [6.45, 7) is 3.18. The molecule has 3 N–H and O–H groups in total. The van der Waals surface area contributed by atoms with E-state index < -0.39 is 0 Å². The average molecular weight is 238 g/mol. The van der Waals surface area contributed by atoms with Gasteiger partial charge in [-0.1, -0.05) is 19.1 Å². The van der Waals surface area contributed by atoms with E-state index in [1.165, 1.54) is 10.5 Å². The lowest BCUT2D eigenvalue weighted by Crippen LogP contribution is -2.29. The van der Waals surface area contributed by atoms with E-state index in [0.717, 1.165) is 18.7 Å². The Morgan fingerprint density at radius 1 is 1.38 bits per heavy atom. The van der Waals surface area contributed by atoms with Crippen LogP contribution in [0.1, 0.15) is 12.5 Å². The fourth-order valence-corrected chi connectivity index (χ4v) is 2.03. The van der Waals surface area contributed by atoms with Crippen LogP contribution in [-0.2, 0) is 11.2 Å². The van der Waals surface area contributed by atoms with Crippen molar-refractivity contribution < 1.29 is 4.79 Å². The minimum absolute atomic E-state index is 0.254. The second-order valence-corrected chi connectivity index (χ2v) is 4.81. The van der Waals surface area contributed by atoms with Crippen molar-refractivity contribution in [1.29, 1.82) is 0 Å². The summed E-state index contributed by atoms with van der Waals surface area (Å²) < 4.78 is 0. The van der Waals surface area contributed by atoms with Gasteiger partial charge in [-0.2, -0.15) is 0 Å². The molecule has 0 bridgehead atoms. The van der Waals surface area contributed by atoms with Gasteiger partial charge in [0.25, 0.3) is 0 Å². The summed E-state index contributed by atoms with van der Waals surface area (Å²) in [6, 6.07) is 8.53. The van der Waals surface area contributed by atoms with Crippen LogP contribution in [0.15, 0.2) is 29.2 Å². The zero-order valence-electron chi connectivity index (χ0n) is 9.53. The molecule has 0 fully saturated rings. The fraction of sp³-hybridized carbons (Fsp3) is 0.417. The zero-order valence-corrected chi connectivity index (χ0v) is 10.3. The van der Waals surface area contributed by atoms with Crippen LogP contribution in [0, 0.1) is 0 Å². The van der Waals surface area contributed by atoms with Crippen LogP contribution in [-0.4, -0.2) is 24.7 Å². The summed E-state index contributed by atoms with van der Waals surface area (Å²) in [5.41, 5.74) is 6.30. The van der Waals surface area contributed by atoms with Gasteiger partial charge in [-0.05, 0) is 36.4 Å². The summed E-state index contributed by atoms with van der Waals surface area (Å²) >= 11 is 1.84. The van der Waals surface area contributed by atoms with Crippen LogP contribution in [0.25, 0.3) is 0 Å². The maximum absolute atomic E-state index is 10.5. The smallest absolute Gasteiger partial charge is 0.231 e. The Kier molecular flexibility index (Phi) is 5.96. The highest BCUT2D eigenvalue weighted by atomic mass is 32.2. The van der Waals surface area contributed by atoms with E-state index in [2.05, 4.69) is 36.5 Å². The standard InChI is InChI=1S/C12H18N2OS/c1-2-16-11-5-3-10(4-6-11)7-8-14-9-12(13)15/h3-6,14H,2,7-9H2,1H3,(H2,13,15). The first-order valence-corrected chi connectivity index (χ1v) is 6.41. The van der Waals surface area contributed by atoms with E-state index in [1.54, 1.807) is 0 Å². The van der Waals surface area contributed by atoms with E-state index in [4.69, 9.17) is 5.73 Å². The maximum Gasteiger partial charge on any atom is 0.231 e. The van der Waals surface area contributed by atoms with Crippen molar-refractivity contribution in [2.24, 2.45) is 5.73 Å². The molecule has 0 atom stereocenters. The topological polar surface area (TPSA) is 55.1 Å². The van der Waals surface area contributed by atoms with Gasteiger partial charge in [0.2, 0.25) is 5.91 Å². The second kappa shape index (κ2) is 7.30. The van der Waals surface area contributed by atoms with Gasteiger partial charge >= 0.3 is 0 Å². The normalized spacial score (nSPS) is 10.3. The molecule has 3 nitrogen and oxygen atoms in total. The number of hydrogen-bond donors (Lipinski definition) is 2. The molecule has 0 heterocycles. The summed E-state index contributed by atoms with van der Waals surface area (Å²) in [5, 5.41) is 2.99. The molecule has 0 aliphatic carbocycles. The highest BCUT2D eigenvalue weighted by molar-refractivity contribution is 7.99. The molecule has 0 radical (unpaired) electrons. The average Bonchev–Trinajstić information content (AvgIpc) is 2.27. The zero-order chi connectivity index (χ0) is 11.8. The van der Waals surface area contributed by atoms with Crippen molar-refractivity contribution in [2.75, 3.05) is 18.8 Å². The minimum atomic E-state index is -0.310. The molecule has 1 amide bonds. The van der Waals surface area contributed by atoms with Crippen molar-refractivity contribution >= 4 is 17.7 Å². The molecule has 1 rings (SSSR count). The SMILES string of the molecule is CCSc1ccc(CCNCC(N)=O)cc1. The van der Waals surface area contributed by atoms with Gasteiger partial charge in [0.15, 0.2) is 0 Å². The molecule has 0 saturated carbocycles. The molecule has 0 aromatic heterocycles. The number of carbonyl (C=O) groups is 1. The number of thioether (sulfide) groups is 1. The summed E-state index contributed by atoms with van der Waals surface area (Å²) in [6.07, 6.45) is 0.921. The third-order valence-electron chi connectivity index (χ3n) is 2.12. The van der Waals surface area contributed by atoms with Crippen LogP contribution in [0.4, 0.5) is 0 Å². The Bertz CT molecular complexity index is 324. The summed E-state index contributed by atoms with van der Waals surface area (Å²) in [7, 11) is 0. The Labute approximate surface area is 101 Å². The molecule has 0 unspecified atom stereocenters. The number of hydrogen-bond acceptors (Lipinski definition) is 3. The molecular weight excluding hydrogens is 220 g/mol. The minimum Gasteiger partial charge on any atom is -0.369 e. The van der Waals surface area contributed by atoms with Gasteiger partial charge in [0.05, 0.1) is 6.54 Å². The molecule has 1 aromatic rings. The molecule has 4 heteroatoms. The third-order valence-corrected chi connectivity index (χ3v) is 3.02. The largest absolute Gasteiger partial charge is 0.369 e. The van der Waals surface area contributed by atoms with Gasteiger partial charge in [-0.3, -0.25) is 4.79 Å². The molecule has 1 aromatic carbocycles. The number of primary amides is 1. The molecule has 16 heavy (non-hydrogen) atoms. The Balaban J connectivity index is 2.29. The molecular formula is C12H18N2OS.